The van der Waals surface area contributed by atoms with E-state index < -0.39 is 23.6 Å². The first-order valence-corrected chi connectivity index (χ1v) is 8.12. The molecule has 1 aliphatic carbocycles. The Morgan fingerprint density at radius 1 is 1.25 bits per heavy atom. The molecule has 1 aliphatic rings. The molecule has 0 heterocycles. The molecule has 5 heteroatoms. The lowest BCUT2D eigenvalue weighted by molar-refractivity contribution is -0.137. The monoisotopic (exact) mass is 330 g/mol. The lowest BCUT2D eigenvalue weighted by Crippen LogP contribution is -2.35. The molecule has 2 rings (SSSR count). The van der Waals surface area contributed by atoms with Crippen LogP contribution < -0.4 is 0 Å². The molecule has 2 atom stereocenters. The van der Waals surface area contributed by atoms with Gasteiger partial charge >= 0.3 is 5.97 Å². The fourth-order valence-electron chi connectivity index (χ4n) is 3.06. The fraction of sp³-hybridized carbons (Fsp3) is 0.421. The number of unbranched alkanes of at least 4 members (excludes halogenated alkanes) is 1. The molecular weight excluding hydrogens is 308 g/mol. The first-order valence-electron chi connectivity index (χ1n) is 8.12. The van der Waals surface area contributed by atoms with Gasteiger partial charge in [0.05, 0.1) is 12.7 Å². The standard InChI is InChI=1S/C19H22O5/c1-3-4-10-14(20)17-15(21)11-13(12-8-6-5-7-9-12)16(18(17)22)19(23)24-2/h5-9,13,17,22H,3-4,10-11H2,1-2H3/t13-,17+/m0/s1. The van der Waals surface area contributed by atoms with E-state index in [2.05, 4.69) is 0 Å². The van der Waals surface area contributed by atoms with Crippen LogP contribution in [0, 0.1) is 5.92 Å². The molecule has 0 saturated carbocycles. The second kappa shape index (κ2) is 7.90. The van der Waals surface area contributed by atoms with Gasteiger partial charge < -0.3 is 9.84 Å². The average molecular weight is 330 g/mol. The number of esters is 1. The summed E-state index contributed by atoms with van der Waals surface area (Å²) in [5.41, 5.74) is 0.746. The van der Waals surface area contributed by atoms with Gasteiger partial charge in [0.15, 0.2) is 11.6 Å². The van der Waals surface area contributed by atoms with Crippen molar-refractivity contribution < 1.29 is 24.2 Å². The first kappa shape index (κ1) is 17.9. The normalized spacial score (nSPS) is 20.8. The van der Waals surface area contributed by atoms with Crippen molar-refractivity contribution >= 4 is 17.5 Å². The van der Waals surface area contributed by atoms with Gasteiger partial charge in [0.2, 0.25) is 0 Å². The number of ketones is 2. The smallest absolute Gasteiger partial charge is 0.337 e. The predicted octanol–water partition coefficient (Wildman–Crippen LogP) is 3.10. The van der Waals surface area contributed by atoms with Crippen molar-refractivity contribution in [2.75, 3.05) is 7.11 Å². The SMILES string of the molecule is CCCCC(=O)[C@@H]1C(=O)C[C@@H](c2ccccc2)C(C(=O)OC)=C1O. The Bertz CT molecular complexity index is 660. The predicted molar refractivity (Wildman–Crippen MR) is 88.5 cm³/mol. The lowest BCUT2D eigenvalue weighted by Gasteiger charge is -2.28. The number of benzene rings is 1. The van der Waals surface area contributed by atoms with Crippen molar-refractivity contribution in [2.24, 2.45) is 5.92 Å². The van der Waals surface area contributed by atoms with Gasteiger partial charge in [0.25, 0.3) is 0 Å². The Balaban J connectivity index is 2.47. The van der Waals surface area contributed by atoms with Crippen LogP contribution in [0.4, 0.5) is 0 Å². The van der Waals surface area contributed by atoms with E-state index in [0.29, 0.717) is 6.42 Å². The van der Waals surface area contributed by atoms with Crippen molar-refractivity contribution in [1.82, 2.24) is 0 Å². The zero-order valence-electron chi connectivity index (χ0n) is 14.0. The number of carbonyl (C=O) groups is 3. The highest BCUT2D eigenvalue weighted by Gasteiger charge is 2.43. The van der Waals surface area contributed by atoms with Gasteiger partial charge in [-0.3, -0.25) is 9.59 Å². The van der Waals surface area contributed by atoms with Gasteiger partial charge in [-0.2, -0.15) is 0 Å². The number of allylic oxidation sites excluding steroid dienone is 1. The maximum atomic E-state index is 12.5. The highest BCUT2D eigenvalue weighted by Crippen LogP contribution is 2.39. The van der Waals surface area contributed by atoms with E-state index in [1.165, 1.54) is 7.11 Å². The van der Waals surface area contributed by atoms with Gasteiger partial charge in [-0.25, -0.2) is 4.79 Å². The Morgan fingerprint density at radius 2 is 1.92 bits per heavy atom. The maximum absolute atomic E-state index is 12.5. The van der Waals surface area contributed by atoms with E-state index in [-0.39, 0.29) is 30.0 Å². The number of hydrogen-bond donors (Lipinski definition) is 1. The first-order chi connectivity index (χ1) is 11.5. The van der Waals surface area contributed by atoms with E-state index in [1.54, 1.807) is 24.3 Å². The van der Waals surface area contributed by atoms with Crippen LogP contribution >= 0.6 is 0 Å². The molecule has 1 aromatic carbocycles. The zero-order valence-corrected chi connectivity index (χ0v) is 14.0. The molecular formula is C19H22O5. The number of carbonyl (C=O) groups excluding carboxylic acids is 3. The van der Waals surface area contributed by atoms with Crippen LogP contribution in [0.25, 0.3) is 0 Å². The Morgan fingerprint density at radius 3 is 2.50 bits per heavy atom. The fourth-order valence-corrected chi connectivity index (χ4v) is 3.06. The minimum absolute atomic E-state index is 0.00103. The molecule has 0 amide bonds. The largest absolute Gasteiger partial charge is 0.510 e. The Hall–Kier alpha value is -2.43. The summed E-state index contributed by atoms with van der Waals surface area (Å²) in [5, 5.41) is 10.5. The quantitative estimate of drug-likeness (QED) is 0.640. The van der Waals surface area contributed by atoms with Gasteiger partial charge in [0.1, 0.15) is 11.7 Å². The summed E-state index contributed by atoms with van der Waals surface area (Å²) in [5.74, 6) is -3.69. The van der Waals surface area contributed by atoms with Gasteiger partial charge in [0, 0.05) is 18.8 Å². The molecule has 0 saturated heterocycles. The van der Waals surface area contributed by atoms with E-state index in [4.69, 9.17) is 4.74 Å². The molecule has 1 N–H and O–H groups in total. The van der Waals surface area contributed by atoms with Crippen LogP contribution in [0.15, 0.2) is 41.7 Å². The molecule has 0 fully saturated rings. The number of aliphatic hydroxyl groups excluding tert-OH is 1. The topological polar surface area (TPSA) is 80.7 Å². The maximum Gasteiger partial charge on any atom is 0.337 e. The molecule has 0 radical (unpaired) electrons. The van der Waals surface area contributed by atoms with E-state index in [1.807, 2.05) is 13.0 Å². The highest BCUT2D eigenvalue weighted by molar-refractivity contribution is 6.09. The van der Waals surface area contributed by atoms with Crippen LogP contribution in [-0.2, 0) is 19.1 Å². The summed E-state index contributed by atoms with van der Waals surface area (Å²) in [7, 11) is 1.22. The number of hydrogen-bond acceptors (Lipinski definition) is 5. The molecule has 24 heavy (non-hydrogen) atoms. The van der Waals surface area contributed by atoms with Crippen molar-refractivity contribution in [2.45, 2.75) is 38.5 Å². The van der Waals surface area contributed by atoms with Crippen LogP contribution in [0.5, 0.6) is 0 Å². The molecule has 1 aromatic rings. The molecule has 0 unspecified atom stereocenters. The summed E-state index contributed by atoms with van der Waals surface area (Å²) in [4.78, 5) is 37.0. The third-order valence-corrected chi connectivity index (χ3v) is 4.33. The third kappa shape index (κ3) is 3.55. The van der Waals surface area contributed by atoms with Crippen molar-refractivity contribution in [3.8, 4) is 0 Å². The number of aliphatic hydroxyl groups is 1. The molecule has 128 valence electrons. The van der Waals surface area contributed by atoms with Crippen molar-refractivity contribution in [3.63, 3.8) is 0 Å². The Kier molecular flexibility index (Phi) is 5.90. The van der Waals surface area contributed by atoms with Gasteiger partial charge in [-0.15, -0.1) is 0 Å². The van der Waals surface area contributed by atoms with Crippen molar-refractivity contribution in [1.29, 1.82) is 0 Å². The molecule has 0 aliphatic heterocycles. The third-order valence-electron chi connectivity index (χ3n) is 4.33. The molecule has 0 bridgehead atoms. The van der Waals surface area contributed by atoms with E-state index >= 15 is 0 Å². The zero-order chi connectivity index (χ0) is 17.7. The van der Waals surface area contributed by atoms with E-state index in [0.717, 1.165) is 12.0 Å². The highest BCUT2D eigenvalue weighted by atomic mass is 16.5. The number of ether oxygens (including phenoxy) is 1. The minimum atomic E-state index is -1.24. The molecule has 5 nitrogen and oxygen atoms in total. The average Bonchev–Trinajstić information content (AvgIpc) is 2.59. The van der Waals surface area contributed by atoms with Crippen LogP contribution in [0.2, 0.25) is 0 Å². The minimum Gasteiger partial charge on any atom is -0.510 e. The van der Waals surface area contributed by atoms with Crippen molar-refractivity contribution in [3.05, 3.63) is 47.2 Å². The second-order valence-electron chi connectivity index (χ2n) is 5.93. The summed E-state index contributed by atoms with van der Waals surface area (Å²) >= 11 is 0. The molecule has 0 aromatic heterocycles. The second-order valence-corrected chi connectivity index (χ2v) is 5.93. The van der Waals surface area contributed by atoms with Crippen LogP contribution in [0.1, 0.15) is 44.1 Å². The summed E-state index contributed by atoms with van der Waals surface area (Å²) in [6.07, 6.45) is 1.67. The Labute approximate surface area is 141 Å². The summed E-state index contributed by atoms with van der Waals surface area (Å²) < 4.78 is 4.78. The van der Waals surface area contributed by atoms with Crippen LogP contribution in [0.3, 0.4) is 0 Å². The number of rotatable bonds is 6. The van der Waals surface area contributed by atoms with Gasteiger partial charge in [-0.1, -0.05) is 43.7 Å². The van der Waals surface area contributed by atoms with Crippen LogP contribution in [-0.4, -0.2) is 29.8 Å². The number of methoxy groups -OCH3 is 1. The lowest BCUT2D eigenvalue weighted by atomic mass is 9.74. The van der Waals surface area contributed by atoms with E-state index in [9.17, 15) is 19.5 Å². The summed E-state index contributed by atoms with van der Waals surface area (Å²) in [6.45, 7) is 1.94. The summed E-state index contributed by atoms with van der Waals surface area (Å²) in [6, 6.07) is 8.99. The number of Topliss-reactive ketones (excluding diaryl/α,β-unsaturated/α-hetero) is 2. The van der Waals surface area contributed by atoms with Gasteiger partial charge in [-0.05, 0) is 12.0 Å². The molecule has 0 spiro atoms.